The SMILES string of the molecule is CC(C)CCN1CCN(C(=O)CC2CSCCN2)CC1. The van der Waals surface area contributed by atoms with Crippen molar-refractivity contribution in [1.29, 1.82) is 0 Å². The molecule has 1 N–H and O–H groups in total. The molecule has 1 amide bonds. The van der Waals surface area contributed by atoms with E-state index in [1.54, 1.807) is 0 Å². The predicted octanol–water partition coefficient (Wildman–Crippen LogP) is 1.27. The summed E-state index contributed by atoms with van der Waals surface area (Å²) < 4.78 is 0. The lowest BCUT2D eigenvalue weighted by Crippen LogP contribution is -2.50. The number of hydrogen-bond donors (Lipinski definition) is 1. The molecule has 0 aliphatic carbocycles. The van der Waals surface area contributed by atoms with Crippen molar-refractivity contribution in [2.24, 2.45) is 5.92 Å². The topological polar surface area (TPSA) is 35.6 Å². The van der Waals surface area contributed by atoms with Crippen molar-refractivity contribution >= 4 is 17.7 Å². The van der Waals surface area contributed by atoms with Gasteiger partial charge in [-0.15, -0.1) is 0 Å². The molecule has 2 heterocycles. The van der Waals surface area contributed by atoms with Gasteiger partial charge in [-0.1, -0.05) is 13.8 Å². The number of rotatable bonds is 5. The Bertz CT molecular complexity index is 297. The summed E-state index contributed by atoms with van der Waals surface area (Å²) in [5.41, 5.74) is 0. The highest BCUT2D eigenvalue weighted by atomic mass is 32.2. The fourth-order valence-corrected chi connectivity index (χ4v) is 3.70. The van der Waals surface area contributed by atoms with Crippen LogP contribution in [0.2, 0.25) is 0 Å². The Balaban J connectivity index is 1.66. The van der Waals surface area contributed by atoms with E-state index in [0.717, 1.165) is 44.4 Å². The highest BCUT2D eigenvalue weighted by Gasteiger charge is 2.24. The standard InChI is InChI=1S/C15H29N3OS/c1-13(2)3-5-17-6-8-18(9-7-17)15(19)11-14-12-20-10-4-16-14/h13-14,16H,3-12H2,1-2H3. The number of carbonyl (C=O) groups excluding carboxylic acids is 1. The number of hydrogen-bond acceptors (Lipinski definition) is 4. The van der Waals surface area contributed by atoms with Crippen molar-refractivity contribution in [3.63, 3.8) is 0 Å². The van der Waals surface area contributed by atoms with Crippen LogP contribution in [-0.2, 0) is 4.79 Å². The lowest BCUT2D eigenvalue weighted by molar-refractivity contribution is -0.133. The van der Waals surface area contributed by atoms with Crippen LogP contribution in [0.5, 0.6) is 0 Å². The molecule has 0 spiro atoms. The minimum Gasteiger partial charge on any atom is -0.340 e. The molecule has 2 saturated heterocycles. The third-order valence-corrected chi connectivity index (χ3v) is 5.30. The van der Waals surface area contributed by atoms with E-state index in [2.05, 4.69) is 29.0 Å². The van der Waals surface area contributed by atoms with E-state index < -0.39 is 0 Å². The summed E-state index contributed by atoms with van der Waals surface area (Å²) in [6.07, 6.45) is 1.94. The highest BCUT2D eigenvalue weighted by molar-refractivity contribution is 7.99. The molecule has 1 atom stereocenters. The Kier molecular flexibility index (Phi) is 6.65. The van der Waals surface area contributed by atoms with E-state index >= 15 is 0 Å². The van der Waals surface area contributed by atoms with Crippen molar-refractivity contribution < 1.29 is 4.79 Å². The van der Waals surface area contributed by atoms with E-state index in [0.29, 0.717) is 18.4 Å². The second kappa shape index (κ2) is 8.25. The fraction of sp³-hybridized carbons (Fsp3) is 0.933. The minimum atomic E-state index is 0.341. The Morgan fingerprint density at radius 2 is 2.05 bits per heavy atom. The lowest BCUT2D eigenvalue weighted by Gasteiger charge is -2.36. The molecule has 0 radical (unpaired) electrons. The number of amides is 1. The van der Waals surface area contributed by atoms with Crippen LogP contribution in [0, 0.1) is 5.92 Å². The van der Waals surface area contributed by atoms with Crippen molar-refractivity contribution in [2.45, 2.75) is 32.7 Å². The third-order valence-electron chi connectivity index (χ3n) is 4.17. The average Bonchev–Trinajstić information content (AvgIpc) is 2.46. The third kappa shape index (κ3) is 5.26. The van der Waals surface area contributed by atoms with Crippen molar-refractivity contribution in [3.8, 4) is 0 Å². The first kappa shape index (κ1) is 16.1. The summed E-state index contributed by atoms with van der Waals surface area (Å²) in [7, 11) is 0. The molecule has 1 unspecified atom stereocenters. The molecular formula is C15H29N3OS. The van der Waals surface area contributed by atoms with Gasteiger partial charge in [-0.05, 0) is 18.9 Å². The molecular weight excluding hydrogens is 270 g/mol. The Morgan fingerprint density at radius 3 is 2.65 bits per heavy atom. The normalized spacial score (nSPS) is 25.1. The number of thioether (sulfide) groups is 1. The maximum atomic E-state index is 12.3. The van der Waals surface area contributed by atoms with Gasteiger partial charge in [0.15, 0.2) is 0 Å². The maximum absolute atomic E-state index is 12.3. The maximum Gasteiger partial charge on any atom is 0.224 e. The number of nitrogens with one attached hydrogen (secondary N) is 1. The summed E-state index contributed by atoms with van der Waals surface area (Å²) >= 11 is 1.96. The van der Waals surface area contributed by atoms with Gasteiger partial charge in [0.2, 0.25) is 5.91 Å². The second-order valence-corrected chi connectivity index (χ2v) is 7.48. The van der Waals surface area contributed by atoms with Gasteiger partial charge < -0.3 is 10.2 Å². The Hall–Kier alpha value is -0.260. The first-order valence-corrected chi connectivity index (χ1v) is 9.12. The van der Waals surface area contributed by atoms with Gasteiger partial charge in [-0.25, -0.2) is 0 Å². The first-order chi connectivity index (χ1) is 9.65. The van der Waals surface area contributed by atoms with Gasteiger partial charge in [-0.3, -0.25) is 9.69 Å². The highest BCUT2D eigenvalue weighted by Crippen LogP contribution is 2.13. The van der Waals surface area contributed by atoms with Crippen LogP contribution in [0.25, 0.3) is 0 Å². The van der Waals surface area contributed by atoms with Gasteiger partial charge >= 0.3 is 0 Å². The molecule has 0 aromatic heterocycles. The number of nitrogens with zero attached hydrogens (tertiary/aromatic N) is 2. The molecule has 4 nitrogen and oxygen atoms in total. The van der Waals surface area contributed by atoms with Gasteiger partial charge in [0, 0.05) is 56.7 Å². The van der Waals surface area contributed by atoms with Crippen LogP contribution < -0.4 is 5.32 Å². The molecule has 0 aromatic rings. The number of piperazine rings is 1. The zero-order valence-corrected chi connectivity index (χ0v) is 13.8. The largest absolute Gasteiger partial charge is 0.340 e. The predicted molar refractivity (Wildman–Crippen MR) is 86.2 cm³/mol. The van der Waals surface area contributed by atoms with Gasteiger partial charge in [0.05, 0.1) is 0 Å². The van der Waals surface area contributed by atoms with E-state index in [1.165, 1.54) is 18.7 Å². The van der Waals surface area contributed by atoms with Gasteiger partial charge in [-0.2, -0.15) is 11.8 Å². The van der Waals surface area contributed by atoms with E-state index in [-0.39, 0.29) is 0 Å². The van der Waals surface area contributed by atoms with E-state index in [1.807, 2.05) is 11.8 Å². The molecule has 2 fully saturated rings. The summed E-state index contributed by atoms with van der Waals surface area (Å²) in [4.78, 5) is 16.9. The molecule has 20 heavy (non-hydrogen) atoms. The summed E-state index contributed by atoms with van der Waals surface area (Å²) in [6.45, 7) is 10.7. The van der Waals surface area contributed by atoms with Crippen LogP contribution in [0.15, 0.2) is 0 Å². The number of carbonyl (C=O) groups is 1. The lowest BCUT2D eigenvalue weighted by atomic mass is 10.1. The smallest absolute Gasteiger partial charge is 0.224 e. The minimum absolute atomic E-state index is 0.341. The molecule has 5 heteroatoms. The van der Waals surface area contributed by atoms with Crippen molar-refractivity contribution in [3.05, 3.63) is 0 Å². The van der Waals surface area contributed by atoms with Crippen molar-refractivity contribution in [2.75, 3.05) is 50.8 Å². The average molecular weight is 299 g/mol. The molecule has 0 aromatic carbocycles. The van der Waals surface area contributed by atoms with Crippen LogP contribution in [0.4, 0.5) is 0 Å². The zero-order valence-electron chi connectivity index (χ0n) is 12.9. The van der Waals surface area contributed by atoms with Gasteiger partial charge in [0.25, 0.3) is 0 Å². The van der Waals surface area contributed by atoms with Crippen molar-refractivity contribution in [1.82, 2.24) is 15.1 Å². The molecule has 0 bridgehead atoms. The zero-order chi connectivity index (χ0) is 14.4. The van der Waals surface area contributed by atoms with Crippen LogP contribution in [-0.4, -0.2) is 72.5 Å². The quantitative estimate of drug-likeness (QED) is 0.829. The van der Waals surface area contributed by atoms with Gasteiger partial charge in [0.1, 0.15) is 0 Å². The summed E-state index contributed by atoms with van der Waals surface area (Å²) in [5, 5.41) is 3.45. The summed E-state index contributed by atoms with van der Waals surface area (Å²) in [5.74, 6) is 3.37. The molecule has 2 aliphatic heterocycles. The summed E-state index contributed by atoms with van der Waals surface area (Å²) in [6, 6.07) is 0.389. The van der Waals surface area contributed by atoms with E-state index in [9.17, 15) is 4.79 Å². The molecule has 116 valence electrons. The van der Waals surface area contributed by atoms with Crippen LogP contribution >= 0.6 is 11.8 Å². The monoisotopic (exact) mass is 299 g/mol. The Morgan fingerprint density at radius 1 is 1.30 bits per heavy atom. The fourth-order valence-electron chi connectivity index (χ4n) is 2.75. The molecule has 0 saturated carbocycles. The molecule has 2 aliphatic rings. The molecule has 2 rings (SSSR count). The second-order valence-electron chi connectivity index (χ2n) is 6.34. The van der Waals surface area contributed by atoms with Crippen LogP contribution in [0.1, 0.15) is 26.7 Å². The Labute approximate surface area is 127 Å². The van der Waals surface area contributed by atoms with Crippen LogP contribution in [0.3, 0.4) is 0 Å². The first-order valence-electron chi connectivity index (χ1n) is 7.96. The van der Waals surface area contributed by atoms with E-state index in [4.69, 9.17) is 0 Å².